The van der Waals surface area contributed by atoms with Gasteiger partial charge in [-0.2, -0.15) is 9.36 Å². The first-order valence-electron chi connectivity index (χ1n) is 5.64. The Labute approximate surface area is 133 Å². The highest BCUT2D eigenvalue weighted by molar-refractivity contribution is 9.10. The number of thioether (sulfide) groups is 1. The molecule has 0 unspecified atom stereocenters. The number of nitrogens with zero attached hydrogens (tertiary/aromatic N) is 3. The molecule has 0 bridgehead atoms. The number of ether oxygens (including phenoxy) is 1. The zero-order chi connectivity index (χ0) is 14.5. The van der Waals surface area contributed by atoms with Crippen LogP contribution in [0.2, 0.25) is 0 Å². The van der Waals surface area contributed by atoms with Crippen LogP contribution in [0.4, 0.5) is 4.79 Å². The van der Waals surface area contributed by atoms with E-state index in [0.29, 0.717) is 17.0 Å². The van der Waals surface area contributed by atoms with E-state index in [0.717, 1.165) is 33.3 Å². The molecule has 8 heteroatoms. The van der Waals surface area contributed by atoms with E-state index in [1.165, 1.54) is 4.90 Å². The lowest BCUT2D eigenvalue weighted by atomic mass is 10.2. The highest BCUT2D eigenvalue weighted by atomic mass is 79.9. The van der Waals surface area contributed by atoms with E-state index >= 15 is 0 Å². The molecular weight excluding hydrogens is 362 g/mol. The molecule has 0 aliphatic heterocycles. The molecular formula is C12H12BrN3O2S2. The minimum Gasteiger partial charge on any atom is -0.464 e. The normalized spacial score (nSPS) is 10.3. The molecule has 0 N–H and O–H groups in total. The fourth-order valence-corrected chi connectivity index (χ4v) is 2.68. The first-order valence-corrected chi connectivity index (χ1v) is 8.03. The maximum atomic E-state index is 11.5. The summed E-state index contributed by atoms with van der Waals surface area (Å²) in [6.07, 6.45) is 0. The van der Waals surface area contributed by atoms with Gasteiger partial charge in [0, 0.05) is 41.9 Å². The van der Waals surface area contributed by atoms with E-state index in [2.05, 4.69) is 25.3 Å². The number of amides is 1. The molecule has 0 radical (unpaired) electrons. The standard InChI is InChI=1S/C12H12BrN3O2S2/c1-16(2)12(17)19-10-14-11(20-15-10)18-7-8-3-5-9(13)6-4-8/h3-6H,7H2,1-2H3. The van der Waals surface area contributed by atoms with Crippen LogP contribution < -0.4 is 4.74 Å². The molecule has 20 heavy (non-hydrogen) atoms. The van der Waals surface area contributed by atoms with Crippen LogP contribution in [-0.2, 0) is 6.61 Å². The summed E-state index contributed by atoms with van der Waals surface area (Å²) < 4.78 is 10.7. The summed E-state index contributed by atoms with van der Waals surface area (Å²) in [4.78, 5) is 17.1. The van der Waals surface area contributed by atoms with E-state index < -0.39 is 0 Å². The Kier molecular flexibility index (Phi) is 5.38. The lowest BCUT2D eigenvalue weighted by Crippen LogP contribution is -2.16. The molecule has 2 aromatic rings. The first-order chi connectivity index (χ1) is 9.54. The van der Waals surface area contributed by atoms with Crippen molar-refractivity contribution in [2.24, 2.45) is 0 Å². The van der Waals surface area contributed by atoms with Crippen LogP contribution in [0, 0.1) is 0 Å². The van der Waals surface area contributed by atoms with Gasteiger partial charge in [-0.15, -0.1) is 0 Å². The van der Waals surface area contributed by atoms with Gasteiger partial charge >= 0.3 is 0 Å². The number of rotatable bonds is 4. The van der Waals surface area contributed by atoms with Gasteiger partial charge in [0.05, 0.1) is 0 Å². The van der Waals surface area contributed by atoms with Crippen LogP contribution in [-0.4, -0.2) is 33.6 Å². The van der Waals surface area contributed by atoms with Crippen molar-refractivity contribution >= 4 is 44.5 Å². The third-order valence-corrected chi connectivity index (χ3v) is 4.39. The average molecular weight is 374 g/mol. The zero-order valence-electron chi connectivity index (χ0n) is 10.9. The molecule has 0 aliphatic rings. The Morgan fingerprint density at radius 2 is 2.10 bits per heavy atom. The van der Waals surface area contributed by atoms with E-state index in [1.54, 1.807) is 14.1 Å². The van der Waals surface area contributed by atoms with Crippen molar-refractivity contribution in [2.75, 3.05) is 14.1 Å². The Bertz CT molecular complexity index is 587. The van der Waals surface area contributed by atoms with Crippen LogP contribution in [0.3, 0.4) is 0 Å². The smallest absolute Gasteiger partial charge is 0.294 e. The predicted octanol–water partition coefficient (Wildman–Crippen LogP) is 3.65. The third kappa shape index (κ3) is 4.46. The van der Waals surface area contributed by atoms with Crippen molar-refractivity contribution in [3.8, 4) is 5.19 Å². The minimum absolute atomic E-state index is 0.109. The average Bonchev–Trinajstić information content (AvgIpc) is 2.85. The molecule has 1 amide bonds. The Balaban J connectivity index is 1.89. The molecule has 0 saturated carbocycles. The molecule has 5 nitrogen and oxygen atoms in total. The second-order valence-corrected chi connectivity index (χ2v) is 6.57. The van der Waals surface area contributed by atoms with E-state index in [-0.39, 0.29) is 5.24 Å². The summed E-state index contributed by atoms with van der Waals surface area (Å²) >= 11 is 5.51. The monoisotopic (exact) mass is 373 g/mol. The number of hydrogen-bond acceptors (Lipinski definition) is 6. The summed E-state index contributed by atoms with van der Waals surface area (Å²) in [5, 5.41) is 0.767. The molecule has 106 valence electrons. The number of carbonyl (C=O) groups is 1. The second-order valence-electron chi connectivity index (χ2n) is 4.02. The molecule has 1 heterocycles. The van der Waals surface area contributed by atoms with Crippen molar-refractivity contribution < 1.29 is 9.53 Å². The van der Waals surface area contributed by atoms with Gasteiger partial charge in [-0.25, -0.2) is 0 Å². The van der Waals surface area contributed by atoms with Crippen molar-refractivity contribution in [1.82, 2.24) is 14.3 Å². The Morgan fingerprint density at radius 1 is 1.40 bits per heavy atom. The van der Waals surface area contributed by atoms with Gasteiger partial charge in [-0.1, -0.05) is 28.1 Å². The number of carbonyl (C=O) groups excluding carboxylic acids is 1. The van der Waals surface area contributed by atoms with Gasteiger partial charge in [0.1, 0.15) is 6.61 Å². The Hall–Kier alpha value is -1.12. The first kappa shape index (κ1) is 15.3. The van der Waals surface area contributed by atoms with E-state index in [9.17, 15) is 4.79 Å². The fraction of sp³-hybridized carbons (Fsp3) is 0.250. The molecule has 2 rings (SSSR count). The van der Waals surface area contributed by atoms with Gasteiger partial charge in [-0.3, -0.25) is 4.79 Å². The summed E-state index contributed by atoms with van der Waals surface area (Å²) in [5.74, 6) is 0. The predicted molar refractivity (Wildman–Crippen MR) is 83.3 cm³/mol. The highest BCUT2D eigenvalue weighted by Crippen LogP contribution is 2.24. The zero-order valence-corrected chi connectivity index (χ0v) is 14.1. The summed E-state index contributed by atoms with van der Waals surface area (Å²) in [5.41, 5.74) is 1.04. The highest BCUT2D eigenvalue weighted by Gasteiger charge is 2.12. The summed E-state index contributed by atoms with van der Waals surface area (Å²) in [6, 6.07) is 7.85. The summed E-state index contributed by atoms with van der Waals surface area (Å²) in [7, 11) is 3.37. The molecule has 0 fully saturated rings. The van der Waals surface area contributed by atoms with Gasteiger partial charge in [0.25, 0.3) is 10.4 Å². The number of benzene rings is 1. The largest absolute Gasteiger partial charge is 0.464 e. The van der Waals surface area contributed by atoms with E-state index in [4.69, 9.17) is 4.74 Å². The van der Waals surface area contributed by atoms with Gasteiger partial charge in [0.2, 0.25) is 5.16 Å². The molecule has 0 saturated heterocycles. The van der Waals surface area contributed by atoms with E-state index in [1.807, 2.05) is 24.3 Å². The molecule has 1 aromatic heterocycles. The number of halogens is 1. The third-order valence-electron chi connectivity index (χ3n) is 2.21. The van der Waals surface area contributed by atoms with Gasteiger partial charge in [-0.05, 0) is 17.7 Å². The van der Waals surface area contributed by atoms with Crippen molar-refractivity contribution in [3.63, 3.8) is 0 Å². The number of hydrogen-bond donors (Lipinski definition) is 0. The van der Waals surface area contributed by atoms with Gasteiger partial charge < -0.3 is 9.64 Å². The van der Waals surface area contributed by atoms with Crippen molar-refractivity contribution in [3.05, 3.63) is 34.3 Å². The lowest BCUT2D eigenvalue weighted by Gasteiger charge is -2.06. The maximum absolute atomic E-state index is 11.5. The van der Waals surface area contributed by atoms with Crippen molar-refractivity contribution in [1.29, 1.82) is 0 Å². The summed E-state index contributed by atoms with van der Waals surface area (Å²) in [6.45, 7) is 0.425. The second kappa shape index (κ2) is 7.05. The molecule has 0 spiro atoms. The van der Waals surface area contributed by atoms with Crippen LogP contribution in [0.1, 0.15) is 5.56 Å². The number of aromatic nitrogens is 2. The van der Waals surface area contributed by atoms with Crippen LogP contribution in [0.5, 0.6) is 5.19 Å². The quantitative estimate of drug-likeness (QED) is 0.765. The van der Waals surface area contributed by atoms with Gasteiger partial charge in [0.15, 0.2) is 0 Å². The topological polar surface area (TPSA) is 55.3 Å². The Morgan fingerprint density at radius 3 is 2.75 bits per heavy atom. The maximum Gasteiger partial charge on any atom is 0.294 e. The molecule has 0 atom stereocenters. The molecule has 1 aromatic carbocycles. The van der Waals surface area contributed by atoms with Crippen LogP contribution >= 0.6 is 39.2 Å². The SMILES string of the molecule is CN(C)C(=O)Sc1nsc(OCc2ccc(Br)cc2)n1. The van der Waals surface area contributed by atoms with Crippen molar-refractivity contribution in [2.45, 2.75) is 11.8 Å². The van der Waals surface area contributed by atoms with Crippen LogP contribution in [0.25, 0.3) is 0 Å². The molecule has 0 aliphatic carbocycles. The van der Waals surface area contributed by atoms with Crippen LogP contribution in [0.15, 0.2) is 33.9 Å². The fourth-order valence-electron chi connectivity index (χ4n) is 1.19. The lowest BCUT2D eigenvalue weighted by molar-refractivity contribution is 0.241. The minimum atomic E-state index is -0.109.